The van der Waals surface area contributed by atoms with Crippen molar-refractivity contribution in [3.63, 3.8) is 0 Å². The van der Waals surface area contributed by atoms with E-state index in [1.54, 1.807) is 0 Å². The minimum atomic E-state index is 0.115. The Balaban J connectivity index is 1.41. The summed E-state index contributed by atoms with van der Waals surface area (Å²) in [6.45, 7) is 3.74. The largest absolute Gasteiger partial charge is 0.454 e. The van der Waals surface area contributed by atoms with Gasteiger partial charge in [-0.2, -0.15) is 5.10 Å². The number of benzene rings is 1. The van der Waals surface area contributed by atoms with Crippen LogP contribution in [0.5, 0.6) is 11.5 Å². The Morgan fingerprint density at radius 2 is 2.17 bits per heavy atom. The molecule has 0 aliphatic carbocycles. The highest BCUT2D eigenvalue weighted by molar-refractivity contribution is 5.66. The van der Waals surface area contributed by atoms with Gasteiger partial charge in [-0.1, -0.05) is 0 Å². The second-order valence-corrected chi connectivity index (χ2v) is 5.54. The van der Waals surface area contributed by atoms with E-state index >= 15 is 0 Å². The number of rotatable bonds is 5. The quantitative estimate of drug-likeness (QED) is 0.866. The molecular formula is C16H19N3O4. The topological polar surface area (TPSA) is 77.6 Å². The molecule has 0 bridgehead atoms. The van der Waals surface area contributed by atoms with Gasteiger partial charge < -0.3 is 24.3 Å². The molecule has 7 nitrogen and oxygen atoms in total. The molecule has 0 amide bonds. The molecule has 1 unspecified atom stereocenters. The number of fused-ring (bicyclic) bond motifs is 1. The Morgan fingerprint density at radius 3 is 3.09 bits per heavy atom. The van der Waals surface area contributed by atoms with Crippen LogP contribution >= 0.6 is 0 Å². The van der Waals surface area contributed by atoms with Crippen LogP contribution in [0, 0.1) is 0 Å². The van der Waals surface area contributed by atoms with Crippen LogP contribution in [0.4, 0.5) is 0 Å². The van der Waals surface area contributed by atoms with E-state index in [-0.39, 0.29) is 12.9 Å². The molecule has 1 fully saturated rings. The van der Waals surface area contributed by atoms with Crippen LogP contribution in [0.15, 0.2) is 24.4 Å². The fraction of sp³-hybridized carbons (Fsp3) is 0.438. The predicted octanol–water partition coefficient (Wildman–Crippen LogP) is 1.31. The van der Waals surface area contributed by atoms with Gasteiger partial charge in [0.15, 0.2) is 11.5 Å². The lowest BCUT2D eigenvalue weighted by molar-refractivity contribution is -0.0864. The molecule has 3 heterocycles. The Morgan fingerprint density at radius 1 is 1.22 bits per heavy atom. The van der Waals surface area contributed by atoms with Crippen molar-refractivity contribution in [3.8, 4) is 22.8 Å². The number of nitrogens with one attached hydrogen (secondary N) is 2. The maximum atomic E-state index is 5.62. The third-order valence-electron chi connectivity index (χ3n) is 3.95. The molecule has 122 valence electrons. The van der Waals surface area contributed by atoms with Gasteiger partial charge in [0.2, 0.25) is 6.79 Å². The molecule has 1 aromatic heterocycles. The summed E-state index contributed by atoms with van der Waals surface area (Å²) >= 11 is 0. The number of aromatic nitrogens is 2. The van der Waals surface area contributed by atoms with Gasteiger partial charge in [0.1, 0.15) is 0 Å². The number of aromatic amines is 1. The molecule has 4 rings (SSSR count). The Labute approximate surface area is 133 Å². The van der Waals surface area contributed by atoms with Crippen molar-refractivity contribution < 1.29 is 18.9 Å². The van der Waals surface area contributed by atoms with Crippen LogP contribution in [-0.4, -0.2) is 49.5 Å². The molecule has 0 saturated carbocycles. The lowest BCUT2D eigenvalue weighted by atomic mass is 10.1. The van der Waals surface area contributed by atoms with E-state index in [0.29, 0.717) is 26.4 Å². The lowest BCUT2D eigenvalue weighted by Crippen LogP contribution is -2.37. The van der Waals surface area contributed by atoms with Crippen molar-refractivity contribution in [1.82, 2.24) is 15.5 Å². The molecule has 2 aliphatic heterocycles. The first-order valence-electron chi connectivity index (χ1n) is 7.72. The maximum absolute atomic E-state index is 5.62. The number of hydrogen-bond donors (Lipinski definition) is 2. The predicted molar refractivity (Wildman–Crippen MR) is 82.4 cm³/mol. The van der Waals surface area contributed by atoms with Gasteiger partial charge in [-0.15, -0.1) is 0 Å². The van der Waals surface area contributed by atoms with Crippen LogP contribution in [0.3, 0.4) is 0 Å². The third-order valence-corrected chi connectivity index (χ3v) is 3.95. The van der Waals surface area contributed by atoms with Crippen molar-refractivity contribution >= 4 is 0 Å². The monoisotopic (exact) mass is 317 g/mol. The summed E-state index contributed by atoms with van der Waals surface area (Å²) in [4.78, 5) is 0. The summed E-state index contributed by atoms with van der Waals surface area (Å²) in [5.74, 6) is 1.55. The Kier molecular flexibility index (Phi) is 4.14. The summed E-state index contributed by atoms with van der Waals surface area (Å²) in [5, 5.41) is 10.6. The van der Waals surface area contributed by atoms with Crippen LogP contribution in [-0.2, 0) is 16.0 Å². The standard InChI is InChI=1S/C16H19N3O4/c1-2-14-15(23-10-22-14)5-11(1)16-12(7-18-19-16)6-17-8-13-9-20-3-4-21-13/h1-2,5,7,13,17H,3-4,6,8-10H2,(H,18,19). The normalized spacial score (nSPS) is 19.9. The summed E-state index contributed by atoms with van der Waals surface area (Å²) < 4.78 is 21.8. The first-order chi connectivity index (χ1) is 11.4. The zero-order valence-corrected chi connectivity index (χ0v) is 12.7. The van der Waals surface area contributed by atoms with E-state index < -0.39 is 0 Å². The molecule has 1 saturated heterocycles. The highest BCUT2D eigenvalue weighted by Gasteiger charge is 2.17. The van der Waals surface area contributed by atoms with Gasteiger partial charge >= 0.3 is 0 Å². The van der Waals surface area contributed by atoms with Crippen LogP contribution in [0.25, 0.3) is 11.3 Å². The van der Waals surface area contributed by atoms with Crippen molar-refractivity contribution in [2.75, 3.05) is 33.2 Å². The minimum Gasteiger partial charge on any atom is -0.454 e. The second-order valence-electron chi connectivity index (χ2n) is 5.54. The van der Waals surface area contributed by atoms with E-state index in [0.717, 1.165) is 34.9 Å². The van der Waals surface area contributed by atoms with Gasteiger partial charge in [-0.25, -0.2) is 0 Å². The second kappa shape index (κ2) is 6.57. The van der Waals surface area contributed by atoms with Gasteiger partial charge in [-0.05, 0) is 18.2 Å². The van der Waals surface area contributed by atoms with E-state index in [9.17, 15) is 0 Å². The fourth-order valence-corrected chi connectivity index (χ4v) is 2.77. The maximum Gasteiger partial charge on any atom is 0.231 e. The smallest absolute Gasteiger partial charge is 0.231 e. The SMILES string of the molecule is c1cc2c(cc1-c1[nH]ncc1CNCC1COCCO1)OCO2. The van der Waals surface area contributed by atoms with E-state index in [4.69, 9.17) is 18.9 Å². The summed E-state index contributed by atoms with van der Waals surface area (Å²) in [5.41, 5.74) is 3.11. The van der Waals surface area contributed by atoms with Crippen molar-refractivity contribution in [3.05, 3.63) is 30.0 Å². The summed E-state index contributed by atoms with van der Waals surface area (Å²) in [6.07, 6.45) is 1.95. The Bertz CT molecular complexity index is 667. The van der Waals surface area contributed by atoms with Gasteiger partial charge in [0, 0.05) is 24.2 Å². The van der Waals surface area contributed by atoms with Gasteiger partial charge in [0.25, 0.3) is 0 Å². The lowest BCUT2D eigenvalue weighted by Gasteiger charge is -2.23. The molecule has 0 spiro atoms. The van der Waals surface area contributed by atoms with Gasteiger partial charge in [-0.3, -0.25) is 5.10 Å². The zero-order chi connectivity index (χ0) is 15.5. The molecular weight excluding hydrogens is 298 g/mol. The van der Waals surface area contributed by atoms with E-state index in [2.05, 4.69) is 15.5 Å². The van der Waals surface area contributed by atoms with Gasteiger partial charge in [0.05, 0.1) is 37.8 Å². The van der Waals surface area contributed by atoms with Crippen molar-refractivity contribution in [1.29, 1.82) is 0 Å². The first-order valence-corrected chi connectivity index (χ1v) is 7.72. The fourth-order valence-electron chi connectivity index (χ4n) is 2.77. The molecule has 2 N–H and O–H groups in total. The van der Waals surface area contributed by atoms with Crippen LogP contribution < -0.4 is 14.8 Å². The molecule has 7 heteroatoms. The van der Waals surface area contributed by atoms with E-state index in [1.165, 1.54) is 0 Å². The Hall–Kier alpha value is -2.09. The number of hydrogen-bond acceptors (Lipinski definition) is 6. The van der Waals surface area contributed by atoms with Crippen molar-refractivity contribution in [2.45, 2.75) is 12.6 Å². The highest BCUT2D eigenvalue weighted by Crippen LogP contribution is 2.36. The molecule has 2 aromatic rings. The number of ether oxygens (including phenoxy) is 4. The molecule has 1 atom stereocenters. The molecule has 0 radical (unpaired) electrons. The van der Waals surface area contributed by atoms with Crippen LogP contribution in [0.1, 0.15) is 5.56 Å². The molecule has 1 aromatic carbocycles. The summed E-state index contributed by atoms with van der Waals surface area (Å²) in [7, 11) is 0. The average molecular weight is 317 g/mol. The summed E-state index contributed by atoms with van der Waals surface area (Å²) in [6, 6.07) is 5.89. The molecule has 23 heavy (non-hydrogen) atoms. The average Bonchev–Trinajstić information content (AvgIpc) is 3.24. The third kappa shape index (κ3) is 3.17. The number of H-pyrrole nitrogens is 1. The molecule has 2 aliphatic rings. The van der Waals surface area contributed by atoms with Crippen LogP contribution in [0.2, 0.25) is 0 Å². The number of nitrogens with zero attached hydrogens (tertiary/aromatic N) is 1. The minimum absolute atomic E-state index is 0.115. The first kappa shape index (κ1) is 14.5. The van der Waals surface area contributed by atoms with Crippen molar-refractivity contribution in [2.24, 2.45) is 0 Å². The van der Waals surface area contributed by atoms with E-state index in [1.807, 2.05) is 24.4 Å². The highest BCUT2D eigenvalue weighted by atomic mass is 16.7. The zero-order valence-electron chi connectivity index (χ0n) is 12.7.